The van der Waals surface area contributed by atoms with Gasteiger partial charge in [-0.25, -0.2) is 0 Å². The van der Waals surface area contributed by atoms with Crippen molar-refractivity contribution in [2.75, 3.05) is 11.9 Å². The Labute approximate surface area is 100 Å². The van der Waals surface area contributed by atoms with Crippen LogP contribution in [0.15, 0.2) is 12.1 Å². The number of pyridine rings is 1. The monoisotopic (exact) mass is 239 g/mol. The summed E-state index contributed by atoms with van der Waals surface area (Å²) in [5, 5.41) is 13.8. The lowest BCUT2D eigenvalue weighted by atomic mass is 10.3. The molecule has 0 saturated carbocycles. The highest BCUT2D eigenvalue weighted by molar-refractivity contribution is 5.49. The number of aromatic nitrogens is 1. The van der Waals surface area contributed by atoms with Gasteiger partial charge in [-0.15, -0.1) is 0 Å². The molecule has 0 aliphatic rings. The van der Waals surface area contributed by atoms with Crippen LogP contribution in [0.1, 0.15) is 27.2 Å². The van der Waals surface area contributed by atoms with E-state index in [-0.39, 0.29) is 17.7 Å². The minimum Gasteiger partial charge on any atom is -0.470 e. The highest BCUT2D eigenvalue weighted by atomic mass is 16.6. The van der Waals surface area contributed by atoms with E-state index in [1.165, 1.54) is 6.07 Å². The minimum atomic E-state index is -0.486. The third kappa shape index (κ3) is 3.58. The number of nitrogens with zero attached hydrogens (tertiary/aromatic N) is 2. The van der Waals surface area contributed by atoms with Gasteiger partial charge in [-0.3, -0.25) is 10.1 Å². The van der Waals surface area contributed by atoms with Crippen LogP contribution in [0, 0.1) is 10.1 Å². The second kappa shape index (κ2) is 6.03. The number of hydrogen-bond donors (Lipinski definition) is 1. The lowest BCUT2D eigenvalue weighted by Crippen LogP contribution is -2.13. The first-order chi connectivity index (χ1) is 8.08. The van der Waals surface area contributed by atoms with Gasteiger partial charge in [0.1, 0.15) is 5.82 Å². The summed E-state index contributed by atoms with van der Waals surface area (Å²) in [6.45, 7) is 6.43. The molecule has 0 spiro atoms. The SMILES string of the molecule is CCNc1ccc([N+](=O)[O-])c(OC(C)CC)n1. The van der Waals surface area contributed by atoms with Gasteiger partial charge in [-0.1, -0.05) is 6.92 Å². The standard InChI is InChI=1S/C11H17N3O3/c1-4-8(3)17-11-9(14(15)16)6-7-10(13-11)12-5-2/h6-8H,4-5H2,1-3H3,(H,12,13). The van der Waals surface area contributed by atoms with Gasteiger partial charge in [-0.2, -0.15) is 4.98 Å². The molecule has 0 aromatic carbocycles. The summed E-state index contributed by atoms with van der Waals surface area (Å²) in [5.74, 6) is 0.652. The van der Waals surface area contributed by atoms with Gasteiger partial charge in [-0.05, 0) is 26.3 Å². The number of nitrogens with one attached hydrogen (secondary N) is 1. The van der Waals surface area contributed by atoms with Gasteiger partial charge in [0.2, 0.25) is 0 Å². The fraction of sp³-hybridized carbons (Fsp3) is 0.545. The molecule has 1 unspecified atom stereocenters. The molecule has 0 saturated heterocycles. The largest absolute Gasteiger partial charge is 0.470 e. The third-order valence-corrected chi connectivity index (χ3v) is 2.28. The van der Waals surface area contributed by atoms with Gasteiger partial charge in [0, 0.05) is 12.6 Å². The number of anilines is 1. The smallest absolute Gasteiger partial charge is 0.331 e. The number of rotatable bonds is 6. The molecule has 17 heavy (non-hydrogen) atoms. The molecule has 94 valence electrons. The van der Waals surface area contributed by atoms with Crippen molar-refractivity contribution in [1.82, 2.24) is 4.98 Å². The summed E-state index contributed by atoms with van der Waals surface area (Å²) < 4.78 is 5.45. The van der Waals surface area contributed by atoms with E-state index in [1.807, 2.05) is 20.8 Å². The molecule has 6 heteroatoms. The predicted octanol–water partition coefficient (Wildman–Crippen LogP) is 2.60. The van der Waals surface area contributed by atoms with Crippen molar-refractivity contribution in [3.05, 3.63) is 22.2 Å². The quantitative estimate of drug-likeness (QED) is 0.609. The van der Waals surface area contributed by atoms with E-state index in [0.717, 1.165) is 6.42 Å². The lowest BCUT2D eigenvalue weighted by Gasteiger charge is -2.12. The van der Waals surface area contributed by atoms with Gasteiger partial charge in [0.15, 0.2) is 0 Å². The first-order valence-corrected chi connectivity index (χ1v) is 5.64. The van der Waals surface area contributed by atoms with E-state index in [4.69, 9.17) is 4.74 Å². The number of hydrogen-bond acceptors (Lipinski definition) is 5. The van der Waals surface area contributed by atoms with Crippen LogP contribution in [0.25, 0.3) is 0 Å². The van der Waals surface area contributed by atoms with E-state index in [1.54, 1.807) is 6.07 Å². The van der Waals surface area contributed by atoms with Crippen LogP contribution in [0.2, 0.25) is 0 Å². The summed E-state index contributed by atoms with van der Waals surface area (Å²) in [7, 11) is 0. The summed E-state index contributed by atoms with van der Waals surface area (Å²) in [6, 6.07) is 2.98. The van der Waals surface area contributed by atoms with Crippen LogP contribution >= 0.6 is 0 Å². The Kier molecular flexibility index (Phi) is 4.68. The van der Waals surface area contributed by atoms with Crippen LogP contribution < -0.4 is 10.1 Å². The molecular formula is C11H17N3O3. The molecule has 6 nitrogen and oxygen atoms in total. The minimum absolute atomic E-state index is 0.0720. The van der Waals surface area contributed by atoms with Crippen molar-refractivity contribution in [1.29, 1.82) is 0 Å². The predicted molar refractivity (Wildman–Crippen MR) is 65.4 cm³/mol. The van der Waals surface area contributed by atoms with Crippen LogP contribution in [-0.2, 0) is 0 Å². The Hall–Kier alpha value is -1.85. The molecule has 1 N–H and O–H groups in total. The van der Waals surface area contributed by atoms with Crippen molar-refractivity contribution in [3.63, 3.8) is 0 Å². The van der Waals surface area contributed by atoms with Gasteiger partial charge in [0.05, 0.1) is 11.0 Å². The van der Waals surface area contributed by atoms with E-state index in [2.05, 4.69) is 10.3 Å². The highest BCUT2D eigenvalue weighted by Crippen LogP contribution is 2.27. The van der Waals surface area contributed by atoms with Crippen molar-refractivity contribution in [3.8, 4) is 5.88 Å². The molecule has 1 aromatic heterocycles. The molecule has 1 heterocycles. The first kappa shape index (κ1) is 13.2. The summed E-state index contributed by atoms with van der Waals surface area (Å²) in [6.07, 6.45) is 0.669. The summed E-state index contributed by atoms with van der Waals surface area (Å²) in [5.41, 5.74) is -0.105. The topological polar surface area (TPSA) is 77.3 Å². The average Bonchev–Trinajstić information content (AvgIpc) is 2.29. The Bertz CT molecular complexity index is 396. The Morgan fingerprint density at radius 2 is 2.24 bits per heavy atom. The van der Waals surface area contributed by atoms with E-state index in [0.29, 0.717) is 12.4 Å². The zero-order chi connectivity index (χ0) is 12.8. The molecule has 0 bridgehead atoms. The fourth-order valence-electron chi connectivity index (χ4n) is 1.21. The van der Waals surface area contributed by atoms with Gasteiger partial charge >= 0.3 is 5.69 Å². The van der Waals surface area contributed by atoms with Crippen LogP contribution in [0.3, 0.4) is 0 Å². The normalized spacial score (nSPS) is 11.9. The molecule has 0 aliphatic carbocycles. The van der Waals surface area contributed by atoms with E-state index < -0.39 is 4.92 Å². The van der Waals surface area contributed by atoms with Crippen molar-refractivity contribution in [2.45, 2.75) is 33.3 Å². The molecule has 0 radical (unpaired) electrons. The zero-order valence-electron chi connectivity index (χ0n) is 10.3. The second-order valence-electron chi connectivity index (χ2n) is 3.64. The van der Waals surface area contributed by atoms with Crippen molar-refractivity contribution >= 4 is 11.5 Å². The maximum atomic E-state index is 10.8. The van der Waals surface area contributed by atoms with Gasteiger partial charge < -0.3 is 10.1 Å². The summed E-state index contributed by atoms with van der Waals surface area (Å²) >= 11 is 0. The number of nitro groups is 1. The highest BCUT2D eigenvalue weighted by Gasteiger charge is 2.19. The van der Waals surface area contributed by atoms with Crippen LogP contribution in [0.5, 0.6) is 5.88 Å². The second-order valence-corrected chi connectivity index (χ2v) is 3.64. The fourth-order valence-corrected chi connectivity index (χ4v) is 1.21. The third-order valence-electron chi connectivity index (χ3n) is 2.28. The molecular weight excluding hydrogens is 222 g/mol. The molecule has 1 atom stereocenters. The van der Waals surface area contributed by atoms with Crippen molar-refractivity contribution in [2.24, 2.45) is 0 Å². The Morgan fingerprint density at radius 1 is 1.53 bits per heavy atom. The van der Waals surface area contributed by atoms with E-state index >= 15 is 0 Å². The zero-order valence-corrected chi connectivity index (χ0v) is 10.3. The Morgan fingerprint density at radius 3 is 2.76 bits per heavy atom. The van der Waals surface area contributed by atoms with Gasteiger partial charge in [0.25, 0.3) is 5.88 Å². The molecule has 0 amide bonds. The number of ether oxygens (including phenoxy) is 1. The molecule has 0 fully saturated rings. The maximum absolute atomic E-state index is 10.8. The van der Waals surface area contributed by atoms with E-state index in [9.17, 15) is 10.1 Å². The van der Waals surface area contributed by atoms with Crippen molar-refractivity contribution < 1.29 is 9.66 Å². The lowest BCUT2D eigenvalue weighted by molar-refractivity contribution is -0.386. The Balaban J connectivity index is 3.02. The molecule has 1 rings (SSSR count). The van der Waals surface area contributed by atoms with Crippen LogP contribution in [0.4, 0.5) is 11.5 Å². The summed E-state index contributed by atoms with van der Waals surface area (Å²) in [4.78, 5) is 14.4. The molecule has 0 aliphatic heterocycles. The maximum Gasteiger partial charge on any atom is 0.331 e. The average molecular weight is 239 g/mol. The molecule has 1 aromatic rings. The first-order valence-electron chi connectivity index (χ1n) is 5.64. The van der Waals surface area contributed by atoms with Crippen LogP contribution in [-0.4, -0.2) is 22.6 Å².